The van der Waals surface area contributed by atoms with Crippen LogP contribution in [0.5, 0.6) is 0 Å². The molecular formula is C26H43N5O2. The van der Waals surface area contributed by atoms with Gasteiger partial charge in [-0.1, -0.05) is 6.92 Å². The summed E-state index contributed by atoms with van der Waals surface area (Å²) in [4.78, 5) is 20.7. The second-order valence-electron chi connectivity index (χ2n) is 10.9. The van der Waals surface area contributed by atoms with E-state index in [-0.39, 0.29) is 5.91 Å². The number of amides is 1. The molecule has 0 unspecified atom stereocenters. The fraction of sp³-hybridized carbons (Fsp3) is 0.846. The highest BCUT2D eigenvalue weighted by molar-refractivity contribution is 5.94. The number of hydrogen-bond acceptors (Lipinski definition) is 5. The smallest absolute Gasteiger partial charge is 0.274 e. The molecule has 1 aromatic heterocycles. The Kier molecular flexibility index (Phi) is 7.09. The van der Waals surface area contributed by atoms with Gasteiger partial charge in [-0.15, -0.1) is 0 Å². The minimum atomic E-state index is 0.175. The maximum Gasteiger partial charge on any atom is 0.274 e. The SMILES string of the molecule is CCCn1nc(C(=O)N2CCCC2)c2c1CC[C@@H](N1CCC(N3C[C@@H](C)O[C@@H](C)C3)CC1)C2. The molecule has 3 aliphatic heterocycles. The fourth-order valence-corrected chi connectivity index (χ4v) is 6.75. The monoisotopic (exact) mass is 457 g/mol. The molecule has 0 spiro atoms. The third-order valence-corrected chi connectivity index (χ3v) is 8.33. The lowest BCUT2D eigenvalue weighted by atomic mass is 9.88. The molecule has 3 fully saturated rings. The van der Waals surface area contributed by atoms with Crippen molar-refractivity contribution in [3.63, 3.8) is 0 Å². The summed E-state index contributed by atoms with van der Waals surface area (Å²) in [5, 5.41) is 4.88. The molecule has 4 aliphatic rings. The van der Waals surface area contributed by atoms with E-state index in [0.29, 0.717) is 24.3 Å². The molecular weight excluding hydrogens is 414 g/mol. The Bertz CT molecular complexity index is 815. The van der Waals surface area contributed by atoms with Crippen molar-refractivity contribution in [2.24, 2.45) is 0 Å². The molecule has 0 saturated carbocycles. The number of hydrogen-bond donors (Lipinski definition) is 0. The first-order valence-electron chi connectivity index (χ1n) is 13.5. The Morgan fingerprint density at radius 2 is 1.67 bits per heavy atom. The summed E-state index contributed by atoms with van der Waals surface area (Å²) in [5.41, 5.74) is 3.35. The van der Waals surface area contributed by atoms with E-state index in [1.54, 1.807) is 0 Å². The van der Waals surface area contributed by atoms with Gasteiger partial charge in [0.05, 0.1) is 12.2 Å². The largest absolute Gasteiger partial charge is 0.373 e. The number of aromatic nitrogens is 2. The molecule has 0 N–H and O–H groups in total. The van der Waals surface area contributed by atoms with Crippen molar-refractivity contribution in [3.8, 4) is 0 Å². The molecule has 1 aliphatic carbocycles. The van der Waals surface area contributed by atoms with Crippen LogP contribution in [-0.4, -0.2) is 93.9 Å². The van der Waals surface area contributed by atoms with Crippen LogP contribution in [0.1, 0.15) is 81.0 Å². The molecule has 1 amide bonds. The van der Waals surface area contributed by atoms with Crippen LogP contribution < -0.4 is 0 Å². The number of fused-ring (bicyclic) bond motifs is 1. The van der Waals surface area contributed by atoms with Gasteiger partial charge in [-0.05, 0) is 78.3 Å². The van der Waals surface area contributed by atoms with Gasteiger partial charge >= 0.3 is 0 Å². The van der Waals surface area contributed by atoms with Crippen molar-refractivity contribution >= 4 is 5.91 Å². The van der Waals surface area contributed by atoms with Crippen molar-refractivity contribution in [1.29, 1.82) is 0 Å². The highest BCUT2D eigenvalue weighted by atomic mass is 16.5. The third-order valence-electron chi connectivity index (χ3n) is 8.33. The van der Waals surface area contributed by atoms with Crippen LogP contribution in [0.15, 0.2) is 0 Å². The van der Waals surface area contributed by atoms with Crippen LogP contribution in [-0.2, 0) is 24.1 Å². The lowest BCUT2D eigenvalue weighted by Crippen LogP contribution is -2.54. The summed E-state index contributed by atoms with van der Waals surface area (Å²) in [7, 11) is 0. The minimum Gasteiger partial charge on any atom is -0.373 e. The first kappa shape index (κ1) is 23.3. The Morgan fingerprint density at radius 3 is 2.33 bits per heavy atom. The molecule has 1 aromatic rings. The van der Waals surface area contributed by atoms with Crippen molar-refractivity contribution in [2.45, 2.75) is 103 Å². The third kappa shape index (κ3) is 4.87. The molecule has 3 atom stereocenters. The number of morpholine rings is 1. The number of piperidine rings is 1. The standard InChI is InChI=1S/C26H43N5O2/c1-4-11-31-24-8-7-22(16-23(24)25(27-31)26(32)29-12-5-6-13-29)28-14-9-21(10-15-28)30-17-19(2)33-20(3)18-30/h19-22H,4-18H2,1-3H3/t19-,20+,22-/m1/s1. The predicted molar refractivity (Wildman–Crippen MR) is 130 cm³/mol. The normalized spacial score (nSPS) is 30.0. The van der Waals surface area contributed by atoms with Crippen LogP contribution in [0, 0.1) is 0 Å². The zero-order valence-electron chi connectivity index (χ0n) is 21.0. The van der Waals surface area contributed by atoms with E-state index < -0.39 is 0 Å². The first-order valence-corrected chi connectivity index (χ1v) is 13.5. The molecule has 184 valence electrons. The molecule has 0 bridgehead atoms. The molecule has 5 rings (SSSR count). The molecule has 4 heterocycles. The number of aryl methyl sites for hydroxylation is 1. The molecule has 0 aromatic carbocycles. The number of carbonyl (C=O) groups excluding carboxylic acids is 1. The molecule has 7 nitrogen and oxygen atoms in total. The van der Waals surface area contributed by atoms with E-state index in [9.17, 15) is 4.79 Å². The van der Waals surface area contributed by atoms with Gasteiger partial charge < -0.3 is 9.64 Å². The van der Waals surface area contributed by atoms with E-state index in [4.69, 9.17) is 9.84 Å². The van der Waals surface area contributed by atoms with Gasteiger partial charge in [0.2, 0.25) is 0 Å². The molecule has 3 saturated heterocycles. The minimum absolute atomic E-state index is 0.175. The van der Waals surface area contributed by atoms with Crippen molar-refractivity contribution in [2.75, 3.05) is 39.3 Å². The maximum atomic E-state index is 13.3. The number of carbonyl (C=O) groups is 1. The van der Waals surface area contributed by atoms with Crippen LogP contribution in [0.2, 0.25) is 0 Å². The van der Waals surface area contributed by atoms with Gasteiger partial charge in [-0.3, -0.25) is 19.3 Å². The van der Waals surface area contributed by atoms with Crippen LogP contribution >= 0.6 is 0 Å². The molecule has 7 heteroatoms. The summed E-state index contributed by atoms with van der Waals surface area (Å²) in [6.07, 6.45) is 9.73. The lowest BCUT2D eigenvalue weighted by molar-refractivity contribution is -0.0875. The summed E-state index contributed by atoms with van der Waals surface area (Å²) in [6, 6.07) is 1.24. The highest BCUT2D eigenvalue weighted by Crippen LogP contribution is 2.31. The number of nitrogens with zero attached hydrogens (tertiary/aromatic N) is 5. The van der Waals surface area contributed by atoms with E-state index in [2.05, 4.69) is 35.3 Å². The number of likely N-dealkylation sites (tertiary alicyclic amines) is 2. The number of rotatable bonds is 5. The predicted octanol–water partition coefficient (Wildman–Crippen LogP) is 2.96. The average molecular weight is 458 g/mol. The lowest BCUT2D eigenvalue weighted by Gasteiger charge is -2.45. The second kappa shape index (κ2) is 10.0. The van der Waals surface area contributed by atoms with E-state index in [1.165, 1.54) is 43.6 Å². The van der Waals surface area contributed by atoms with Gasteiger partial charge in [-0.25, -0.2) is 0 Å². The summed E-state index contributed by atoms with van der Waals surface area (Å²) >= 11 is 0. The summed E-state index contributed by atoms with van der Waals surface area (Å²) in [6.45, 7) is 13.8. The second-order valence-corrected chi connectivity index (χ2v) is 10.9. The van der Waals surface area contributed by atoms with Crippen LogP contribution in [0.4, 0.5) is 0 Å². The van der Waals surface area contributed by atoms with Gasteiger partial charge in [0, 0.05) is 56.1 Å². The Hall–Kier alpha value is -1.44. The van der Waals surface area contributed by atoms with Crippen LogP contribution in [0.25, 0.3) is 0 Å². The van der Waals surface area contributed by atoms with Crippen molar-refractivity contribution < 1.29 is 9.53 Å². The highest BCUT2D eigenvalue weighted by Gasteiger charge is 2.36. The molecule has 33 heavy (non-hydrogen) atoms. The quantitative estimate of drug-likeness (QED) is 0.681. The molecule has 0 radical (unpaired) electrons. The fourth-order valence-electron chi connectivity index (χ4n) is 6.75. The van der Waals surface area contributed by atoms with Gasteiger partial charge in [0.15, 0.2) is 5.69 Å². The van der Waals surface area contributed by atoms with Crippen molar-refractivity contribution in [1.82, 2.24) is 24.5 Å². The Morgan fingerprint density at radius 1 is 0.970 bits per heavy atom. The van der Waals surface area contributed by atoms with Crippen molar-refractivity contribution in [3.05, 3.63) is 17.0 Å². The zero-order valence-corrected chi connectivity index (χ0v) is 21.0. The van der Waals surface area contributed by atoms with Gasteiger partial charge in [-0.2, -0.15) is 5.10 Å². The Balaban J connectivity index is 1.25. The Labute approximate surface area is 199 Å². The maximum absolute atomic E-state index is 13.3. The van der Waals surface area contributed by atoms with Crippen LogP contribution in [0.3, 0.4) is 0 Å². The zero-order chi connectivity index (χ0) is 22.9. The summed E-state index contributed by atoms with van der Waals surface area (Å²) in [5.74, 6) is 0.175. The van der Waals surface area contributed by atoms with E-state index in [1.807, 2.05) is 4.90 Å². The van der Waals surface area contributed by atoms with E-state index >= 15 is 0 Å². The van der Waals surface area contributed by atoms with Gasteiger partial charge in [0.25, 0.3) is 5.91 Å². The summed E-state index contributed by atoms with van der Waals surface area (Å²) < 4.78 is 8.11. The average Bonchev–Trinajstić information content (AvgIpc) is 3.47. The van der Waals surface area contributed by atoms with E-state index in [0.717, 1.165) is 70.5 Å². The number of ether oxygens (including phenoxy) is 1. The first-order chi connectivity index (χ1) is 16.0. The van der Waals surface area contributed by atoms with Gasteiger partial charge in [0.1, 0.15) is 0 Å². The topological polar surface area (TPSA) is 53.8 Å².